The lowest BCUT2D eigenvalue weighted by Gasteiger charge is -2.36. The van der Waals surface area contributed by atoms with Gasteiger partial charge < -0.3 is 9.30 Å². The zero-order valence-corrected chi connectivity index (χ0v) is 23.1. The highest BCUT2D eigenvalue weighted by atomic mass is 19.1. The van der Waals surface area contributed by atoms with Crippen molar-refractivity contribution in [2.75, 3.05) is 26.2 Å². The van der Waals surface area contributed by atoms with Gasteiger partial charge in [0.15, 0.2) is 5.78 Å². The molecule has 3 heterocycles. The van der Waals surface area contributed by atoms with E-state index in [0.717, 1.165) is 46.8 Å². The third kappa shape index (κ3) is 6.09. The molecule has 1 saturated heterocycles. The molecule has 2 aromatic heterocycles. The van der Waals surface area contributed by atoms with E-state index < -0.39 is 0 Å². The number of amides is 1. The zero-order chi connectivity index (χ0) is 27.7. The maximum absolute atomic E-state index is 13.7. The van der Waals surface area contributed by atoms with Crippen molar-refractivity contribution >= 4 is 17.3 Å². The van der Waals surface area contributed by atoms with Gasteiger partial charge in [-0.25, -0.2) is 9.37 Å². The van der Waals surface area contributed by atoms with Crippen LogP contribution in [0.2, 0.25) is 0 Å². The van der Waals surface area contributed by atoms with E-state index in [1.165, 1.54) is 12.1 Å². The minimum absolute atomic E-state index is 0.0289. The van der Waals surface area contributed by atoms with E-state index in [0.29, 0.717) is 31.6 Å². The number of hydrogen-bond donors (Lipinski definition) is 0. The average Bonchev–Trinajstić information content (AvgIpc) is 3.26. The summed E-state index contributed by atoms with van der Waals surface area (Å²) in [5.74, 6) is -0.0289. The fourth-order valence-electron chi connectivity index (χ4n) is 5.08. The molecular formula is C32H35FN4O2. The summed E-state index contributed by atoms with van der Waals surface area (Å²) >= 11 is 0. The molecule has 39 heavy (non-hydrogen) atoms. The second-order valence-corrected chi connectivity index (χ2v) is 11.6. The minimum Gasteiger partial charge on any atom is -0.340 e. The monoisotopic (exact) mass is 526 g/mol. The molecule has 0 N–H and O–H groups in total. The van der Waals surface area contributed by atoms with Crippen LogP contribution < -0.4 is 0 Å². The van der Waals surface area contributed by atoms with Gasteiger partial charge in [0.2, 0.25) is 5.91 Å². The van der Waals surface area contributed by atoms with Gasteiger partial charge in [0, 0.05) is 56.5 Å². The minimum atomic E-state index is -0.281. The number of imidazole rings is 1. The van der Waals surface area contributed by atoms with Crippen molar-refractivity contribution < 1.29 is 14.0 Å². The SMILES string of the molecule is CC(=O)c1ccc(-c2ccc3nc(-c4ccc(F)cc4)c(CN4CCN(C(=O)CC(C)(C)C)CC4)n3c2)cc1. The number of Topliss-reactive ketones (excluding diaryl/α,β-unsaturated/α-hetero) is 1. The number of halogens is 1. The van der Waals surface area contributed by atoms with Crippen molar-refractivity contribution in [1.29, 1.82) is 0 Å². The van der Waals surface area contributed by atoms with Crippen molar-refractivity contribution in [1.82, 2.24) is 19.2 Å². The van der Waals surface area contributed by atoms with Crippen LogP contribution in [0.15, 0.2) is 66.9 Å². The number of carbonyl (C=O) groups excluding carboxylic acids is 2. The van der Waals surface area contributed by atoms with E-state index in [4.69, 9.17) is 4.98 Å². The van der Waals surface area contributed by atoms with E-state index in [1.807, 2.05) is 41.3 Å². The van der Waals surface area contributed by atoms with Crippen molar-refractivity contribution in [3.63, 3.8) is 0 Å². The maximum Gasteiger partial charge on any atom is 0.223 e. The first-order valence-corrected chi connectivity index (χ1v) is 13.5. The Hall–Kier alpha value is -3.84. The van der Waals surface area contributed by atoms with Crippen molar-refractivity contribution in [3.05, 3.63) is 83.9 Å². The molecule has 0 radical (unpaired) electrons. The maximum atomic E-state index is 13.7. The fraction of sp³-hybridized carbons (Fsp3) is 0.344. The van der Waals surface area contributed by atoms with Gasteiger partial charge in [0.1, 0.15) is 11.5 Å². The highest BCUT2D eigenvalue weighted by molar-refractivity contribution is 5.94. The Morgan fingerprint density at radius 2 is 1.46 bits per heavy atom. The first kappa shape index (κ1) is 26.8. The molecule has 0 spiro atoms. The average molecular weight is 527 g/mol. The number of nitrogens with zero attached hydrogens (tertiary/aromatic N) is 4. The summed E-state index contributed by atoms with van der Waals surface area (Å²) < 4.78 is 15.8. The summed E-state index contributed by atoms with van der Waals surface area (Å²) in [5, 5.41) is 0. The molecule has 1 fully saturated rings. The number of fused-ring (bicyclic) bond motifs is 1. The van der Waals surface area contributed by atoms with Crippen LogP contribution in [0.4, 0.5) is 4.39 Å². The van der Waals surface area contributed by atoms with Crippen LogP contribution in [0.3, 0.4) is 0 Å². The number of rotatable bonds is 6. The number of hydrogen-bond acceptors (Lipinski definition) is 4. The highest BCUT2D eigenvalue weighted by Crippen LogP contribution is 2.29. The van der Waals surface area contributed by atoms with Gasteiger partial charge in [-0.05, 0) is 59.9 Å². The molecule has 1 aliphatic rings. The Morgan fingerprint density at radius 3 is 2.08 bits per heavy atom. The molecule has 4 aromatic rings. The summed E-state index contributed by atoms with van der Waals surface area (Å²) in [4.78, 5) is 33.7. The summed E-state index contributed by atoms with van der Waals surface area (Å²) in [6, 6.07) is 18.1. The molecule has 1 aliphatic heterocycles. The third-order valence-electron chi connectivity index (χ3n) is 7.24. The standard InChI is InChI=1S/C32H35FN4O2/c1-22(38)23-5-7-24(8-6-23)26-11-14-29-34-31(25-9-12-27(33)13-10-25)28(37(29)20-26)21-35-15-17-36(18-16-35)30(39)19-32(2,3)4/h5-14,20H,15-19,21H2,1-4H3. The van der Waals surface area contributed by atoms with E-state index >= 15 is 0 Å². The van der Waals surface area contributed by atoms with Crippen molar-refractivity contribution in [2.24, 2.45) is 5.41 Å². The molecule has 0 unspecified atom stereocenters. The molecule has 1 amide bonds. The molecular weight excluding hydrogens is 491 g/mol. The second kappa shape index (κ2) is 10.7. The van der Waals surface area contributed by atoms with Crippen LogP contribution in [0, 0.1) is 11.2 Å². The van der Waals surface area contributed by atoms with Gasteiger partial charge in [0.25, 0.3) is 0 Å². The molecule has 2 aromatic carbocycles. The molecule has 202 valence electrons. The lowest BCUT2D eigenvalue weighted by atomic mass is 9.91. The lowest BCUT2D eigenvalue weighted by Crippen LogP contribution is -2.49. The number of piperazine rings is 1. The quantitative estimate of drug-likeness (QED) is 0.285. The van der Waals surface area contributed by atoms with Crippen LogP contribution >= 0.6 is 0 Å². The number of benzene rings is 2. The number of carbonyl (C=O) groups is 2. The van der Waals surface area contributed by atoms with Gasteiger partial charge in [0.05, 0.1) is 11.4 Å². The summed E-state index contributed by atoms with van der Waals surface area (Å²) in [6.07, 6.45) is 2.63. The first-order chi connectivity index (χ1) is 18.6. The van der Waals surface area contributed by atoms with E-state index in [2.05, 4.69) is 36.3 Å². The molecule has 0 aliphatic carbocycles. The van der Waals surface area contributed by atoms with Crippen LogP contribution in [-0.2, 0) is 11.3 Å². The molecule has 6 nitrogen and oxygen atoms in total. The molecule has 0 atom stereocenters. The predicted molar refractivity (Wildman–Crippen MR) is 152 cm³/mol. The Bertz CT molecular complexity index is 1490. The number of pyridine rings is 1. The molecule has 0 bridgehead atoms. The van der Waals surface area contributed by atoms with E-state index in [1.54, 1.807) is 19.1 Å². The van der Waals surface area contributed by atoms with Gasteiger partial charge in [-0.3, -0.25) is 14.5 Å². The lowest BCUT2D eigenvalue weighted by molar-refractivity contribution is -0.134. The third-order valence-corrected chi connectivity index (χ3v) is 7.24. The normalized spacial score (nSPS) is 14.6. The first-order valence-electron chi connectivity index (χ1n) is 13.5. The Balaban J connectivity index is 1.46. The topological polar surface area (TPSA) is 57.9 Å². The highest BCUT2D eigenvalue weighted by Gasteiger charge is 2.26. The van der Waals surface area contributed by atoms with Crippen LogP contribution in [0.25, 0.3) is 28.0 Å². The Morgan fingerprint density at radius 1 is 0.846 bits per heavy atom. The smallest absolute Gasteiger partial charge is 0.223 e. The van der Waals surface area contributed by atoms with Gasteiger partial charge in [-0.1, -0.05) is 45.0 Å². The molecule has 7 heteroatoms. The van der Waals surface area contributed by atoms with Crippen LogP contribution in [0.1, 0.15) is 50.2 Å². The van der Waals surface area contributed by atoms with Gasteiger partial charge in [-0.2, -0.15) is 0 Å². The van der Waals surface area contributed by atoms with Crippen molar-refractivity contribution in [3.8, 4) is 22.4 Å². The summed E-state index contributed by atoms with van der Waals surface area (Å²) in [7, 11) is 0. The summed E-state index contributed by atoms with van der Waals surface area (Å²) in [5.41, 5.74) is 6.20. The Kier molecular flexibility index (Phi) is 7.36. The van der Waals surface area contributed by atoms with Crippen molar-refractivity contribution in [2.45, 2.75) is 40.7 Å². The zero-order valence-electron chi connectivity index (χ0n) is 23.1. The number of aromatic nitrogens is 2. The fourth-order valence-corrected chi connectivity index (χ4v) is 5.08. The molecule has 5 rings (SSSR count). The molecule has 0 saturated carbocycles. The van der Waals surface area contributed by atoms with Gasteiger partial charge in [-0.15, -0.1) is 0 Å². The van der Waals surface area contributed by atoms with Gasteiger partial charge >= 0.3 is 0 Å². The second-order valence-electron chi connectivity index (χ2n) is 11.6. The number of ketones is 1. The summed E-state index contributed by atoms with van der Waals surface area (Å²) in [6.45, 7) is 11.4. The largest absolute Gasteiger partial charge is 0.340 e. The van der Waals surface area contributed by atoms with Crippen LogP contribution in [-0.4, -0.2) is 57.1 Å². The van der Waals surface area contributed by atoms with E-state index in [9.17, 15) is 14.0 Å². The predicted octanol–water partition coefficient (Wildman–Crippen LogP) is 6.09. The van der Waals surface area contributed by atoms with E-state index in [-0.39, 0.29) is 22.9 Å². The van der Waals surface area contributed by atoms with Crippen LogP contribution in [0.5, 0.6) is 0 Å². The Labute approximate surface area is 229 Å².